The zero-order valence-electron chi connectivity index (χ0n) is 12.7. The van der Waals surface area contributed by atoms with Gasteiger partial charge in [-0.3, -0.25) is 4.79 Å². The molecule has 1 N–H and O–H groups in total. The molecule has 0 spiro atoms. The van der Waals surface area contributed by atoms with Crippen molar-refractivity contribution in [1.29, 1.82) is 0 Å². The minimum atomic E-state index is -3.97. The number of carbonyl (C=O) groups is 1. The maximum Gasteiger partial charge on any atom is 0.322 e. The van der Waals surface area contributed by atoms with E-state index in [1.165, 1.54) is 31.3 Å². The summed E-state index contributed by atoms with van der Waals surface area (Å²) < 4.78 is 26.1. The number of likely N-dealkylation sites (N-methyl/N-ethyl adjacent to an activating group) is 1. The van der Waals surface area contributed by atoms with E-state index in [1.54, 1.807) is 24.3 Å². The Morgan fingerprint density at radius 2 is 1.75 bits per heavy atom. The van der Waals surface area contributed by atoms with Gasteiger partial charge >= 0.3 is 5.97 Å². The molecule has 0 unspecified atom stereocenters. The fraction of sp³-hybridized carbons (Fsp3) is 0.188. The van der Waals surface area contributed by atoms with Crippen LogP contribution in [0.1, 0.15) is 5.56 Å². The summed E-state index contributed by atoms with van der Waals surface area (Å²) in [5, 5.41) is 10.3. The highest BCUT2D eigenvalue weighted by molar-refractivity contribution is 7.89. The Morgan fingerprint density at radius 1 is 1.12 bits per heavy atom. The van der Waals surface area contributed by atoms with E-state index in [0.717, 1.165) is 4.31 Å². The largest absolute Gasteiger partial charge is 0.480 e. The maximum atomic E-state index is 12.6. The Balaban J connectivity index is 2.33. The molecule has 0 aliphatic carbocycles. The first-order valence-electron chi connectivity index (χ1n) is 6.92. The number of carboxylic acid groups (broad SMARTS) is 1. The van der Waals surface area contributed by atoms with Crippen molar-refractivity contribution < 1.29 is 18.3 Å². The molecule has 2 aromatic rings. The fourth-order valence-electron chi connectivity index (χ4n) is 2.20. The average Bonchev–Trinajstić information content (AvgIpc) is 2.52. The first-order chi connectivity index (χ1) is 11.2. The van der Waals surface area contributed by atoms with Crippen molar-refractivity contribution in [1.82, 2.24) is 4.31 Å². The predicted molar refractivity (Wildman–Crippen MR) is 93.0 cm³/mol. The molecule has 0 aliphatic heterocycles. The van der Waals surface area contributed by atoms with Crippen LogP contribution in [0.4, 0.5) is 0 Å². The van der Waals surface area contributed by atoms with Crippen LogP contribution in [0.3, 0.4) is 0 Å². The van der Waals surface area contributed by atoms with Gasteiger partial charge in [-0.15, -0.1) is 0 Å². The molecule has 128 valence electrons. The molecule has 0 amide bonds. The molecule has 0 aromatic heterocycles. The minimum absolute atomic E-state index is 0.000781. The minimum Gasteiger partial charge on any atom is -0.480 e. The molecule has 0 fully saturated rings. The number of aliphatic carboxylic acids is 1. The number of sulfonamides is 1. The Labute approximate surface area is 150 Å². The summed E-state index contributed by atoms with van der Waals surface area (Å²) in [4.78, 5) is 11.6. The van der Waals surface area contributed by atoms with E-state index in [1.807, 2.05) is 0 Å². The van der Waals surface area contributed by atoms with Gasteiger partial charge in [0.1, 0.15) is 6.04 Å². The van der Waals surface area contributed by atoms with Gasteiger partial charge in [0, 0.05) is 17.1 Å². The average molecular weight is 388 g/mol. The smallest absolute Gasteiger partial charge is 0.322 e. The summed E-state index contributed by atoms with van der Waals surface area (Å²) in [5.41, 5.74) is 0.632. The standard InChI is InChI=1S/C16H15Cl2NO4S/c1-19(24(22,23)14-7-5-12(17)6-8-14)15(16(20)21)10-11-3-2-4-13(18)9-11/h2-9,15H,10H2,1H3,(H,20,21)/t15-/m1/s1. The molecular weight excluding hydrogens is 373 g/mol. The topological polar surface area (TPSA) is 74.7 Å². The molecule has 2 aromatic carbocycles. The molecule has 0 bridgehead atoms. The van der Waals surface area contributed by atoms with Crippen LogP contribution in [0, 0.1) is 0 Å². The highest BCUT2D eigenvalue weighted by Crippen LogP contribution is 2.21. The van der Waals surface area contributed by atoms with Crippen LogP contribution in [0.5, 0.6) is 0 Å². The van der Waals surface area contributed by atoms with Gasteiger partial charge in [-0.05, 0) is 48.4 Å². The van der Waals surface area contributed by atoms with Crippen LogP contribution in [0.15, 0.2) is 53.4 Å². The second-order valence-corrected chi connectivity index (χ2v) is 8.03. The summed E-state index contributed by atoms with van der Waals surface area (Å²) in [6.07, 6.45) is -0.000781. The second kappa shape index (κ2) is 7.53. The first kappa shape index (κ1) is 18.7. The Hall–Kier alpha value is -1.60. The number of rotatable bonds is 6. The van der Waals surface area contributed by atoms with Crippen LogP contribution in [0.25, 0.3) is 0 Å². The summed E-state index contributed by atoms with van der Waals surface area (Å²) in [7, 11) is -2.73. The third kappa shape index (κ3) is 4.27. The number of hydrogen-bond acceptors (Lipinski definition) is 3. The van der Waals surface area contributed by atoms with Crippen LogP contribution in [0.2, 0.25) is 10.0 Å². The van der Waals surface area contributed by atoms with Gasteiger partial charge in [-0.2, -0.15) is 4.31 Å². The van der Waals surface area contributed by atoms with E-state index in [2.05, 4.69) is 0 Å². The lowest BCUT2D eigenvalue weighted by molar-refractivity contribution is -0.141. The molecule has 0 radical (unpaired) electrons. The lowest BCUT2D eigenvalue weighted by Gasteiger charge is -2.24. The van der Waals surface area contributed by atoms with Crippen molar-refractivity contribution >= 4 is 39.2 Å². The summed E-state index contributed by atoms with van der Waals surface area (Å²) in [6, 6.07) is 11.0. The van der Waals surface area contributed by atoms with Crippen molar-refractivity contribution in [2.24, 2.45) is 0 Å². The summed E-state index contributed by atoms with van der Waals surface area (Å²) in [5.74, 6) is -1.24. The number of nitrogens with zero attached hydrogens (tertiary/aromatic N) is 1. The van der Waals surface area contributed by atoms with Crippen LogP contribution >= 0.6 is 23.2 Å². The lowest BCUT2D eigenvalue weighted by Crippen LogP contribution is -2.43. The van der Waals surface area contributed by atoms with Gasteiger partial charge < -0.3 is 5.11 Å². The van der Waals surface area contributed by atoms with Crippen molar-refractivity contribution in [3.05, 3.63) is 64.1 Å². The first-order valence-corrected chi connectivity index (χ1v) is 9.12. The molecule has 8 heteroatoms. The quantitative estimate of drug-likeness (QED) is 0.824. The van der Waals surface area contributed by atoms with Crippen molar-refractivity contribution in [3.63, 3.8) is 0 Å². The van der Waals surface area contributed by atoms with Gasteiger partial charge in [0.15, 0.2) is 0 Å². The van der Waals surface area contributed by atoms with E-state index in [0.29, 0.717) is 15.6 Å². The van der Waals surface area contributed by atoms with Crippen LogP contribution in [-0.4, -0.2) is 36.9 Å². The molecule has 0 aliphatic rings. The second-order valence-electron chi connectivity index (χ2n) is 5.16. The van der Waals surface area contributed by atoms with E-state index >= 15 is 0 Å². The highest BCUT2D eigenvalue weighted by atomic mass is 35.5. The zero-order valence-corrected chi connectivity index (χ0v) is 15.0. The number of hydrogen-bond donors (Lipinski definition) is 1. The van der Waals surface area contributed by atoms with Gasteiger partial charge in [-0.1, -0.05) is 35.3 Å². The van der Waals surface area contributed by atoms with E-state index in [9.17, 15) is 18.3 Å². The van der Waals surface area contributed by atoms with Crippen molar-refractivity contribution in [3.8, 4) is 0 Å². The lowest BCUT2D eigenvalue weighted by atomic mass is 10.1. The van der Waals surface area contributed by atoms with Gasteiger partial charge in [0.25, 0.3) is 0 Å². The molecular formula is C16H15Cl2NO4S. The summed E-state index contributed by atoms with van der Waals surface area (Å²) >= 11 is 11.7. The van der Waals surface area contributed by atoms with Crippen LogP contribution in [-0.2, 0) is 21.2 Å². The third-order valence-electron chi connectivity index (χ3n) is 3.53. The van der Waals surface area contributed by atoms with Crippen molar-refractivity contribution in [2.75, 3.05) is 7.05 Å². The SMILES string of the molecule is CN([C@H](Cc1cccc(Cl)c1)C(=O)O)S(=O)(=O)c1ccc(Cl)cc1. The molecule has 0 saturated carbocycles. The zero-order chi connectivity index (χ0) is 17.9. The predicted octanol–water partition coefficient (Wildman–Crippen LogP) is 3.31. The number of halogens is 2. The highest BCUT2D eigenvalue weighted by Gasteiger charge is 2.33. The Morgan fingerprint density at radius 3 is 2.29 bits per heavy atom. The molecule has 5 nitrogen and oxygen atoms in total. The molecule has 0 heterocycles. The van der Waals surface area contributed by atoms with E-state index < -0.39 is 22.0 Å². The molecule has 2 rings (SSSR count). The van der Waals surface area contributed by atoms with Crippen LogP contribution < -0.4 is 0 Å². The molecule has 24 heavy (non-hydrogen) atoms. The summed E-state index contributed by atoms with van der Waals surface area (Å²) in [6.45, 7) is 0. The monoisotopic (exact) mass is 387 g/mol. The van der Waals surface area contributed by atoms with Gasteiger partial charge in [0.2, 0.25) is 10.0 Å². The van der Waals surface area contributed by atoms with Gasteiger partial charge in [0.05, 0.1) is 4.90 Å². The molecule has 0 saturated heterocycles. The number of carboxylic acids is 1. The Kier molecular flexibility index (Phi) is 5.87. The fourth-order valence-corrected chi connectivity index (χ4v) is 3.85. The maximum absolute atomic E-state index is 12.6. The molecule has 1 atom stereocenters. The Bertz CT molecular complexity index is 837. The van der Waals surface area contributed by atoms with Crippen molar-refractivity contribution in [2.45, 2.75) is 17.4 Å². The van der Waals surface area contributed by atoms with E-state index in [-0.39, 0.29) is 11.3 Å². The third-order valence-corrected chi connectivity index (χ3v) is 5.90. The normalized spacial score (nSPS) is 13.0. The van der Waals surface area contributed by atoms with E-state index in [4.69, 9.17) is 23.2 Å². The van der Waals surface area contributed by atoms with Gasteiger partial charge in [-0.25, -0.2) is 8.42 Å². The number of benzene rings is 2.